The summed E-state index contributed by atoms with van der Waals surface area (Å²) in [7, 11) is 0. The Labute approximate surface area is 135 Å². The Morgan fingerprint density at radius 3 is 3.00 bits per heavy atom. The van der Waals surface area contributed by atoms with E-state index in [0.29, 0.717) is 6.54 Å². The summed E-state index contributed by atoms with van der Waals surface area (Å²) < 4.78 is 1.66. The van der Waals surface area contributed by atoms with Crippen LogP contribution in [0, 0.1) is 10.1 Å². The fourth-order valence-electron chi connectivity index (χ4n) is 2.57. The lowest BCUT2D eigenvalue weighted by atomic mass is 10.1. The Morgan fingerprint density at radius 1 is 1.21 bits per heavy atom. The number of aromatic nitrogens is 5. The van der Waals surface area contributed by atoms with Crippen molar-refractivity contribution < 1.29 is 4.92 Å². The number of nitrogens with one attached hydrogen (secondary N) is 1. The number of hydrogen-bond acceptors (Lipinski definition) is 5. The number of nitro benzene ring substituents is 1. The molecule has 0 saturated carbocycles. The number of rotatable bonds is 4. The van der Waals surface area contributed by atoms with E-state index in [-0.39, 0.29) is 5.69 Å². The van der Waals surface area contributed by atoms with Crippen molar-refractivity contribution >= 4 is 16.6 Å². The Balaban J connectivity index is 1.60. The van der Waals surface area contributed by atoms with Gasteiger partial charge >= 0.3 is 0 Å². The van der Waals surface area contributed by atoms with Gasteiger partial charge in [0.25, 0.3) is 5.69 Å². The van der Waals surface area contributed by atoms with E-state index in [4.69, 9.17) is 0 Å². The summed E-state index contributed by atoms with van der Waals surface area (Å²) in [5.41, 5.74) is 3.50. The SMILES string of the molecule is O=[N+]([O-])c1cccc(Cn2cc(-c3ccc4[nH]ncc4c3)nn2)c1. The van der Waals surface area contributed by atoms with Crippen LogP contribution in [-0.2, 0) is 6.54 Å². The zero-order chi connectivity index (χ0) is 16.5. The van der Waals surface area contributed by atoms with E-state index in [0.717, 1.165) is 27.7 Å². The second-order valence-corrected chi connectivity index (χ2v) is 5.40. The van der Waals surface area contributed by atoms with E-state index < -0.39 is 4.92 Å². The normalized spacial score (nSPS) is 11.0. The highest BCUT2D eigenvalue weighted by molar-refractivity contribution is 5.83. The van der Waals surface area contributed by atoms with Crippen LogP contribution in [0.4, 0.5) is 5.69 Å². The minimum absolute atomic E-state index is 0.0678. The molecule has 0 aliphatic rings. The molecule has 0 amide bonds. The third kappa shape index (κ3) is 2.60. The standard InChI is InChI=1S/C16H12N6O2/c23-22(24)14-3-1-2-11(6-14)9-21-10-16(19-20-21)12-4-5-15-13(7-12)8-17-18-15/h1-8,10H,9H2,(H,17,18). The Bertz CT molecular complexity index is 1040. The average molecular weight is 320 g/mol. The molecule has 0 aliphatic heterocycles. The molecule has 0 aliphatic carbocycles. The lowest BCUT2D eigenvalue weighted by Gasteiger charge is -2.00. The lowest BCUT2D eigenvalue weighted by Crippen LogP contribution is -2.01. The predicted molar refractivity (Wildman–Crippen MR) is 87.3 cm³/mol. The van der Waals surface area contributed by atoms with Crippen molar-refractivity contribution in [3.05, 3.63) is 70.5 Å². The summed E-state index contributed by atoms with van der Waals surface area (Å²) in [4.78, 5) is 10.4. The van der Waals surface area contributed by atoms with Gasteiger partial charge in [0, 0.05) is 23.1 Å². The van der Waals surface area contributed by atoms with Crippen LogP contribution in [0.3, 0.4) is 0 Å². The van der Waals surface area contributed by atoms with E-state index in [1.165, 1.54) is 6.07 Å². The zero-order valence-corrected chi connectivity index (χ0v) is 12.5. The smallest absolute Gasteiger partial charge is 0.269 e. The predicted octanol–water partition coefficient (Wildman–Crippen LogP) is 2.78. The maximum absolute atomic E-state index is 10.8. The second kappa shape index (κ2) is 5.58. The molecule has 2 aromatic carbocycles. The molecule has 0 spiro atoms. The monoisotopic (exact) mass is 320 g/mol. The average Bonchev–Trinajstić information content (AvgIpc) is 3.23. The molecule has 8 heteroatoms. The van der Waals surface area contributed by atoms with Gasteiger partial charge in [0.1, 0.15) is 5.69 Å². The number of nitrogens with zero attached hydrogens (tertiary/aromatic N) is 5. The lowest BCUT2D eigenvalue weighted by molar-refractivity contribution is -0.384. The van der Waals surface area contributed by atoms with Crippen molar-refractivity contribution in [2.24, 2.45) is 0 Å². The molecule has 1 N–H and O–H groups in total. The molecule has 0 radical (unpaired) electrons. The van der Waals surface area contributed by atoms with Gasteiger partial charge in [-0.15, -0.1) is 5.10 Å². The molecule has 4 aromatic rings. The maximum atomic E-state index is 10.8. The number of aromatic amines is 1. The van der Waals surface area contributed by atoms with Crippen molar-refractivity contribution in [3.63, 3.8) is 0 Å². The highest BCUT2D eigenvalue weighted by atomic mass is 16.6. The van der Waals surface area contributed by atoms with E-state index >= 15 is 0 Å². The summed E-state index contributed by atoms with van der Waals surface area (Å²) in [5.74, 6) is 0. The van der Waals surface area contributed by atoms with Crippen LogP contribution in [0.2, 0.25) is 0 Å². The minimum atomic E-state index is -0.406. The van der Waals surface area contributed by atoms with Gasteiger partial charge in [-0.25, -0.2) is 4.68 Å². The first-order valence-corrected chi connectivity index (χ1v) is 7.26. The van der Waals surface area contributed by atoms with Gasteiger partial charge in [-0.1, -0.05) is 23.4 Å². The van der Waals surface area contributed by atoms with Crippen molar-refractivity contribution in [2.75, 3.05) is 0 Å². The Kier molecular flexibility index (Phi) is 3.27. The Hall–Kier alpha value is -3.55. The molecule has 0 atom stereocenters. The van der Waals surface area contributed by atoms with Gasteiger partial charge in [-0.05, 0) is 17.7 Å². The van der Waals surface area contributed by atoms with Crippen LogP contribution in [0.5, 0.6) is 0 Å². The number of benzene rings is 2. The van der Waals surface area contributed by atoms with Crippen LogP contribution in [0.1, 0.15) is 5.56 Å². The molecular formula is C16H12N6O2. The van der Waals surface area contributed by atoms with Crippen LogP contribution in [0.25, 0.3) is 22.2 Å². The largest absolute Gasteiger partial charge is 0.278 e. The molecular weight excluding hydrogens is 308 g/mol. The molecule has 0 bridgehead atoms. The molecule has 0 saturated heterocycles. The van der Waals surface area contributed by atoms with Crippen molar-refractivity contribution in [1.29, 1.82) is 0 Å². The highest BCUT2D eigenvalue weighted by Gasteiger charge is 2.09. The van der Waals surface area contributed by atoms with Crippen LogP contribution >= 0.6 is 0 Å². The molecule has 24 heavy (non-hydrogen) atoms. The second-order valence-electron chi connectivity index (χ2n) is 5.40. The third-order valence-electron chi connectivity index (χ3n) is 3.74. The fourth-order valence-corrected chi connectivity index (χ4v) is 2.57. The summed E-state index contributed by atoms with van der Waals surface area (Å²) >= 11 is 0. The third-order valence-corrected chi connectivity index (χ3v) is 3.74. The summed E-state index contributed by atoms with van der Waals surface area (Å²) in [6.07, 6.45) is 3.58. The van der Waals surface area contributed by atoms with Gasteiger partial charge in [0.05, 0.1) is 29.4 Å². The number of hydrogen-bond donors (Lipinski definition) is 1. The number of nitro groups is 1. The molecule has 0 fully saturated rings. The highest BCUT2D eigenvalue weighted by Crippen LogP contribution is 2.21. The first kappa shape index (κ1) is 14.1. The van der Waals surface area contributed by atoms with E-state index in [1.807, 2.05) is 30.5 Å². The van der Waals surface area contributed by atoms with Crippen molar-refractivity contribution in [2.45, 2.75) is 6.54 Å². The number of non-ortho nitro benzene ring substituents is 1. The summed E-state index contributed by atoms with van der Waals surface area (Å²) in [5, 5.41) is 27.0. The molecule has 4 rings (SSSR count). The summed E-state index contributed by atoms with van der Waals surface area (Å²) in [6.45, 7) is 0.419. The Morgan fingerprint density at radius 2 is 2.12 bits per heavy atom. The van der Waals surface area contributed by atoms with Gasteiger partial charge < -0.3 is 0 Å². The first-order valence-electron chi connectivity index (χ1n) is 7.26. The maximum Gasteiger partial charge on any atom is 0.269 e. The van der Waals surface area contributed by atoms with Gasteiger partial charge in [-0.3, -0.25) is 15.2 Å². The molecule has 0 unspecified atom stereocenters. The van der Waals surface area contributed by atoms with E-state index in [9.17, 15) is 10.1 Å². The first-order chi connectivity index (χ1) is 11.7. The van der Waals surface area contributed by atoms with Crippen LogP contribution in [0.15, 0.2) is 54.9 Å². The van der Waals surface area contributed by atoms with Crippen LogP contribution in [-0.4, -0.2) is 30.1 Å². The van der Waals surface area contributed by atoms with Crippen molar-refractivity contribution in [1.82, 2.24) is 25.2 Å². The number of fused-ring (bicyclic) bond motifs is 1. The van der Waals surface area contributed by atoms with E-state index in [1.54, 1.807) is 23.0 Å². The topological polar surface area (TPSA) is 103 Å². The number of H-pyrrole nitrogens is 1. The van der Waals surface area contributed by atoms with Crippen molar-refractivity contribution in [3.8, 4) is 11.3 Å². The quantitative estimate of drug-likeness (QED) is 0.460. The molecule has 2 aromatic heterocycles. The molecule has 118 valence electrons. The fraction of sp³-hybridized carbons (Fsp3) is 0.0625. The van der Waals surface area contributed by atoms with Gasteiger partial charge in [-0.2, -0.15) is 5.10 Å². The summed E-state index contributed by atoms with van der Waals surface area (Å²) in [6, 6.07) is 12.4. The van der Waals surface area contributed by atoms with Crippen LogP contribution < -0.4 is 0 Å². The van der Waals surface area contributed by atoms with Gasteiger partial charge in [0.2, 0.25) is 0 Å². The van der Waals surface area contributed by atoms with Gasteiger partial charge in [0.15, 0.2) is 0 Å². The zero-order valence-electron chi connectivity index (χ0n) is 12.5. The van der Waals surface area contributed by atoms with E-state index in [2.05, 4.69) is 20.5 Å². The molecule has 8 nitrogen and oxygen atoms in total. The molecule has 2 heterocycles. The minimum Gasteiger partial charge on any atom is -0.278 e.